The number of carbonyl (C=O) groups is 1. The molecule has 0 aromatic heterocycles. The van der Waals surface area contributed by atoms with Gasteiger partial charge in [0, 0.05) is 18.5 Å². The van der Waals surface area contributed by atoms with Crippen molar-refractivity contribution in [1.82, 2.24) is 5.32 Å². The van der Waals surface area contributed by atoms with Gasteiger partial charge >= 0.3 is 5.97 Å². The van der Waals surface area contributed by atoms with E-state index in [0.717, 1.165) is 6.42 Å². The molecule has 0 aromatic carbocycles. The molecule has 0 saturated carbocycles. The van der Waals surface area contributed by atoms with E-state index >= 15 is 0 Å². The lowest BCUT2D eigenvalue weighted by Gasteiger charge is -2.09. The summed E-state index contributed by atoms with van der Waals surface area (Å²) in [5, 5.41) is 3.43. The topological polar surface area (TPSA) is 38.3 Å². The molecule has 1 aliphatic heterocycles. The Morgan fingerprint density at radius 2 is 2.33 bits per heavy atom. The Kier molecular flexibility index (Phi) is 3.53. The van der Waals surface area contributed by atoms with Crippen molar-refractivity contribution in [2.24, 2.45) is 0 Å². The first-order chi connectivity index (χ1) is 5.72. The van der Waals surface area contributed by atoms with Crippen LogP contribution in [0, 0.1) is 0 Å². The first kappa shape index (κ1) is 9.52. The van der Waals surface area contributed by atoms with Gasteiger partial charge in [-0.15, -0.1) is 0 Å². The molecule has 70 valence electrons. The third-order valence-corrected chi connectivity index (χ3v) is 2.39. The van der Waals surface area contributed by atoms with Gasteiger partial charge in [0.15, 0.2) is 0 Å². The van der Waals surface area contributed by atoms with Crippen molar-refractivity contribution in [3.63, 3.8) is 0 Å². The van der Waals surface area contributed by atoms with Gasteiger partial charge in [0.1, 0.15) is 0 Å². The molecule has 3 nitrogen and oxygen atoms in total. The molecule has 1 rings (SSSR count). The van der Waals surface area contributed by atoms with E-state index in [9.17, 15) is 4.79 Å². The van der Waals surface area contributed by atoms with E-state index in [2.05, 4.69) is 17.0 Å². The Bertz CT molecular complexity index is 159. The highest BCUT2D eigenvalue weighted by molar-refractivity contribution is 5.69. The van der Waals surface area contributed by atoms with Crippen molar-refractivity contribution < 1.29 is 9.53 Å². The van der Waals surface area contributed by atoms with Crippen molar-refractivity contribution in [2.75, 3.05) is 7.11 Å². The third kappa shape index (κ3) is 2.81. The van der Waals surface area contributed by atoms with Gasteiger partial charge in [-0.25, -0.2) is 0 Å². The molecule has 1 fully saturated rings. The van der Waals surface area contributed by atoms with Crippen LogP contribution in [-0.2, 0) is 9.53 Å². The molecule has 0 aromatic rings. The summed E-state index contributed by atoms with van der Waals surface area (Å²) in [6.07, 6.45) is 3.88. The zero-order valence-corrected chi connectivity index (χ0v) is 7.80. The Morgan fingerprint density at radius 3 is 2.83 bits per heavy atom. The van der Waals surface area contributed by atoms with Crippen molar-refractivity contribution in [3.8, 4) is 0 Å². The maximum Gasteiger partial charge on any atom is 0.305 e. The number of hydrogen-bond acceptors (Lipinski definition) is 3. The molecule has 2 unspecified atom stereocenters. The van der Waals surface area contributed by atoms with Gasteiger partial charge in [0.2, 0.25) is 0 Å². The van der Waals surface area contributed by atoms with Crippen molar-refractivity contribution in [1.29, 1.82) is 0 Å². The summed E-state index contributed by atoms with van der Waals surface area (Å²) in [5.74, 6) is -0.101. The molecule has 0 spiro atoms. The van der Waals surface area contributed by atoms with Crippen LogP contribution < -0.4 is 5.32 Å². The van der Waals surface area contributed by atoms with E-state index in [4.69, 9.17) is 0 Å². The molecule has 3 heteroatoms. The maximum atomic E-state index is 10.8. The van der Waals surface area contributed by atoms with Crippen LogP contribution in [0.5, 0.6) is 0 Å². The van der Waals surface area contributed by atoms with E-state index in [1.54, 1.807) is 0 Å². The molecule has 1 heterocycles. The number of methoxy groups -OCH3 is 1. The number of rotatable bonds is 3. The van der Waals surface area contributed by atoms with Crippen molar-refractivity contribution in [3.05, 3.63) is 0 Å². The highest BCUT2D eigenvalue weighted by Gasteiger charge is 2.20. The van der Waals surface area contributed by atoms with Gasteiger partial charge in [-0.05, 0) is 26.2 Å². The highest BCUT2D eigenvalue weighted by atomic mass is 16.5. The van der Waals surface area contributed by atoms with Crippen molar-refractivity contribution in [2.45, 2.75) is 44.7 Å². The number of ether oxygens (including phenoxy) is 1. The molecule has 1 aliphatic rings. The number of esters is 1. The Morgan fingerprint density at radius 1 is 1.58 bits per heavy atom. The van der Waals surface area contributed by atoms with E-state index in [1.807, 2.05) is 0 Å². The molecule has 1 N–H and O–H groups in total. The molecule has 12 heavy (non-hydrogen) atoms. The molecular formula is C9H17NO2. The lowest BCUT2D eigenvalue weighted by Crippen LogP contribution is -2.27. The molecule has 0 aliphatic carbocycles. The van der Waals surface area contributed by atoms with E-state index in [-0.39, 0.29) is 5.97 Å². The number of nitrogens with one attached hydrogen (secondary N) is 1. The predicted octanol–water partition coefficient (Wildman–Crippen LogP) is 1.08. The Labute approximate surface area is 73.5 Å². The van der Waals surface area contributed by atoms with Crippen LogP contribution >= 0.6 is 0 Å². The second-order valence-corrected chi connectivity index (χ2v) is 3.46. The van der Waals surface area contributed by atoms with E-state index in [0.29, 0.717) is 18.5 Å². The summed E-state index contributed by atoms with van der Waals surface area (Å²) in [5.41, 5.74) is 0. The van der Waals surface area contributed by atoms with Gasteiger partial charge in [0.25, 0.3) is 0 Å². The molecular weight excluding hydrogens is 154 g/mol. The van der Waals surface area contributed by atoms with Crippen LogP contribution in [0.2, 0.25) is 0 Å². The van der Waals surface area contributed by atoms with Crippen LogP contribution in [0.1, 0.15) is 32.6 Å². The zero-order chi connectivity index (χ0) is 8.97. The summed E-state index contributed by atoms with van der Waals surface area (Å²) < 4.78 is 4.57. The first-order valence-electron chi connectivity index (χ1n) is 4.55. The fraction of sp³-hybridized carbons (Fsp3) is 0.889. The van der Waals surface area contributed by atoms with E-state index < -0.39 is 0 Å². The molecule has 0 bridgehead atoms. The minimum Gasteiger partial charge on any atom is -0.469 e. The number of carbonyl (C=O) groups excluding carboxylic acids is 1. The van der Waals surface area contributed by atoms with Crippen LogP contribution in [-0.4, -0.2) is 25.2 Å². The van der Waals surface area contributed by atoms with Gasteiger partial charge in [0.05, 0.1) is 7.11 Å². The SMILES string of the molecule is COC(=O)CCC1CCC(C)N1. The third-order valence-electron chi connectivity index (χ3n) is 2.39. The summed E-state index contributed by atoms with van der Waals surface area (Å²) in [6, 6.07) is 1.15. The minimum atomic E-state index is -0.101. The summed E-state index contributed by atoms with van der Waals surface area (Å²) in [4.78, 5) is 10.8. The highest BCUT2D eigenvalue weighted by Crippen LogP contribution is 2.15. The quantitative estimate of drug-likeness (QED) is 0.646. The van der Waals surface area contributed by atoms with Crippen LogP contribution in [0.3, 0.4) is 0 Å². The zero-order valence-electron chi connectivity index (χ0n) is 7.80. The van der Waals surface area contributed by atoms with Crippen molar-refractivity contribution >= 4 is 5.97 Å². The largest absolute Gasteiger partial charge is 0.469 e. The van der Waals surface area contributed by atoms with Gasteiger partial charge in [-0.1, -0.05) is 0 Å². The van der Waals surface area contributed by atoms with Gasteiger partial charge < -0.3 is 10.1 Å². The van der Waals surface area contributed by atoms with Gasteiger partial charge in [-0.2, -0.15) is 0 Å². The fourth-order valence-corrected chi connectivity index (χ4v) is 1.64. The lowest BCUT2D eigenvalue weighted by molar-refractivity contribution is -0.140. The summed E-state index contributed by atoms with van der Waals surface area (Å²) in [7, 11) is 1.44. The predicted molar refractivity (Wildman–Crippen MR) is 46.9 cm³/mol. The average molecular weight is 171 g/mol. The average Bonchev–Trinajstić information content (AvgIpc) is 2.47. The first-order valence-corrected chi connectivity index (χ1v) is 4.55. The number of hydrogen-bond donors (Lipinski definition) is 1. The maximum absolute atomic E-state index is 10.8. The van der Waals surface area contributed by atoms with Crippen LogP contribution in [0.4, 0.5) is 0 Å². The standard InChI is InChI=1S/C9H17NO2/c1-7-3-4-8(10-7)5-6-9(11)12-2/h7-8,10H,3-6H2,1-2H3. The normalized spacial score (nSPS) is 28.8. The monoisotopic (exact) mass is 171 g/mol. The fourth-order valence-electron chi connectivity index (χ4n) is 1.64. The second kappa shape index (κ2) is 4.45. The van der Waals surface area contributed by atoms with E-state index in [1.165, 1.54) is 20.0 Å². The Hall–Kier alpha value is -0.570. The molecule has 0 amide bonds. The molecule has 2 atom stereocenters. The smallest absolute Gasteiger partial charge is 0.305 e. The summed E-state index contributed by atoms with van der Waals surface area (Å²) >= 11 is 0. The van der Waals surface area contributed by atoms with Gasteiger partial charge in [-0.3, -0.25) is 4.79 Å². The van der Waals surface area contributed by atoms with Crippen LogP contribution in [0.25, 0.3) is 0 Å². The Balaban J connectivity index is 2.11. The molecule has 1 saturated heterocycles. The minimum absolute atomic E-state index is 0.101. The lowest BCUT2D eigenvalue weighted by atomic mass is 10.1. The second-order valence-electron chi connectivity index (χ2n) is 3.46. The molecule has 0 radical (unpaired) electrons. The summed E-state index contributed by atoms with van der Waals surface area (Å²) in [6.45, 7) is 2.18. The van der Waals surface area contributed by atoms with Crippen LogP contribution in [0.15, 0.2) is 0 Å².